The maximum atomic E-state index is 13.3. The lowest BCUT2D eigenvalue weighted by atomic mass is 10.1. The van der Waals surface area contributed by atoms with Crippen molar-refractivity contribution in [3.05, 3.63) is 47.7 Å². The van der Waals surface area contributed by atoms with Gasteiger partial charge >= 0.3 is 0 Å². The van der Waals surface area contributed by atoms with Crippen molar-refractivity contribution in [1.29, 1.82) is 0 Å². The van der Waals surface area contributed by atoms with Gasteiger partial charge in [0.25, 0.3) is 11.8 Å². The number of rotatable bonds is 3. The summed E-state index contributed by atoms with van der Waals surface area (Å²) in [5.74, 6) is 0.431. The first-order valence-electron chi connectivity index (χ1n) is 11.1. The first-order chi connectivity index (χ1) is 14.7. The highest BCUT2D eigenvalue weighted by molar-refractivity contribution is 6.08. The number of carbonyl (C=O) groups is 2. The van der Waals surface area contributed by atoms with E-state index in [1.54, 1.807) is 0 Å². The van der Waals surface area contributed by atoms with Crippen LogP contribution in [0.1, 0.15) is 43.3 Å². The molecular weight excluding hydrogens is 390 g/mol. The summed E-state index contributed by atoms with van der Waals surface area (Å²) in [4.78, 5) is 28.7. The molecule has 6 nitrogen and oxygen atoms in total. The van der Waals surface area contributed by atoms with Crippen molar-refractivity contribution in [3.63, 3.8) is 0 Å². The van der Waals surface area contributed by atoms with Crippen LogP contribution in [0, 0.1) is 6.92 Å². The maximum absolute atomic E-state index is 13.3. The molecule has 2 N–H and O–H groups in total. The van der Waals surface area contributed by atoms with Gasteiger partial charge in [-0.05, 0) is 33.1 Å². The van der Waals surface area contributed by atoms with Gasteiger partial charge in [0.2, 0.25) is 0 Å². The summed E-state index contributed by atoms with van der Waals surface area (Å²) >= 11 is 0. The van der Waals surface area contributed by atoms with Crippen LogP contribution < -0.4 is 10.2 Å². The number of benzene rings is 2. The van der Waals surface area contributed by atoms with E-state index < -0.39 is 0 Å². The van der Waals surface area contributed by atoms with E-state index >= 15 is 0 Å². The van der Waals surface area contributed by atoms with Crippen LogP contribution >= 0.6 is 0 Å². The van der Waals surface area contributed by atoms with Gasteiger partial charge in [0.1, 0.15) is 5.58 Å². The van der Waals surface area contributed by atoms with Crippen molar-refractivity contribution in [2.24, 2.45) is 0 Å². The van der Waals surface area contributed by atoms with E-state index in [9.17, 15) is 9.59 Å². The van der Waals surface area contributed by atoms with E-state index in [2.05, 4.69) is 17.4 Å². The second-order valence-electron chi connectivity index (χ2n) is 9.59. The molecule has 1 saturated heterocycles. The molecule has 2 heterocycles. The lowest BCUT2D eigenvalue weighted by Crippen LogP contribution is -3.13. The highest BCUT2D eigenvalue weighted by Gasteiger charge is 2.28. The zero-order chi connectivity index (χ0) is 22.2. The van der Waals surface area contributed by atoms with Crippen LogP contribution in [-0.2, 0) is 4.79 Å². The lowest BCUT2D eigenvalue weighted by Gasteiger charge is -2.23. The number of aryl methyl sites for hydroxylation is 1. The Balaban J connectivity index is 1.50. The Labute approximate surface area is 183 Å². The molecule has 1 atom stereocenters. The van der Waals surface area contributed by atoms with E-state index in [0.29, 0.717) is 25.4 Å². The van der Waals surface area contributed by atoms with Gasteiger partial charge in [-0.2, -0.15) is 0 Å². The van der Waals surface area contributed by atoms with Gasteiger partial charge in [-0.25, -0.2) is 0 Å². The molecule has 1 aliphatic rings. The van der Waals surface area contributed by atoms with Crippen LogP contribution in [0.15, 0.2) is 40.8 Å². The van der Waals surface area contributed by atoms with E-state index in [1.807, 2.05) is 56.9 Å². The fourth-order valence-corrected chi connectivity index (χ4v) is 4.42. The Morgan fingerprint density at radius 2 is 1.84 bits per heavy atom. The monoisotopic (exact) mass is 422 g/mol. The van der Waals surface area contributed by atoms with Crippen LogP contribution in [0.25, 0.3) is 21.7 Å². The Morgan fingerprint density at radius 1 is 1.06 bits per heavy atom. The number of hydrogen-bond donors (Lipinski definition) is 2. The summed E-state index contributed by atoms with van der Waals surface area (Å²) in [6.07, 6.45) is 0.867. The summed E-state index contributed by atoms with van der Waals surface area (Å²) in [6, 6.07) is 12.2. The van der Waals surface area contributed by atoms with Crippen molar-refractivity contribution in [1.82, 2.24) is 10.2 Å². The molecule has 6 heteroatoms. The van der Waals surface area contributed by atoms with Gasteiger partial charge in [-0.15, -0.1) is 0 Å². The topological polar surface area (TPSA) is 67.0 Å². The van der Waals surface area contributed by atoms with E-state index in [1.165, 1.54) is 4.90 Å². The van der Waals surface area contributed by atoms with E-state index in [-0.39, 0.29) is 17.4 Å². The summed E-state index contributed by atoms with van der Waals surface area (Å²) in [5, 5.41) is 6.15. The zero-order valence-corrected chi connectivity index (χ0v) is 18.9. The van der Waals surface area contributed by atoms with Gasteiger partial charge in [-0.1, -0.05) is 36.4 Å². The molecule has 1 aromatic heterocycles. The fraction of sp³-hybridized carbons (Fsp3) is 0.440. The Kier molecular flexibility index (Phi) is 5.75. The standard InChI is InChI=1S/C25H31N3O3/c1-17-19-11-10-18-8-5-6-9-20(18)23(19)31-22(17)24(30)28-13-7-12-27(14-15-28)16-21(29)26-25(2,3)4/h5-6,8-11H,7,12-16H2,1-4H3,(H,26,29)/p+1. The Bertz CT molecular complexity index is 1130. The Morgan fingerprint density at radius 3 is 2.61 bits per heavy atom. The molecule has 2 aromatic carbocycles. The number of nitrogens with zero attached hydrogens (tertiary/aromatic N) is 1. The highest BCUT2D eigenvalue weighted by atomic mass is 16.3. The average Bonchev–Trinajstić information content (AvgIpc) is 2.88. The average molecular weight is 423 g/mol. The third-order valence-corrected chi connectivity index (χ3v) is 5.93. The molecule has 1 aliphatic heterocycles. The maximum Gasteiger partial charge on any atom is 0.290 e. The molecule has 3 aromatic rings. The van der Waals surface area contributed by atoms with Crippen LogP contribution in [-0.4, -0.2) is 55.0 Å². The number of carbonyl (C=O) groups excluding carboxylic acids is 2. The fourth-order valence-electron chi connectivity index (χ4n) is 4.42. The number of amides is 2. The minimum atomic E-state index is -0.229. The minimum Gasteiger partial charge on any atom is -0.450 e. The van der Waals surface area contributed by atoms with Gasteiger partial charge in [0, 0.05) is 34.8 Å². The van der Waals surface area contributed by atoms with Crippen molar-refractivity contribution < 1.29 is 18.9 Å². The summed E-state index contributed by atoms with van der Waals surface area (Å²) < 4.78 is 6.15. The number of hydrogen-bond acceptors (Lipinski definition) is 3. The van der Waals surface area contributed by atoms with Crippen molar-refractivity contribution in [3.8, 4) is 0 Å². The van der Waals surface area contributed by atoms with Gasteiger partial charge in [-0.3, -0.25) is 9.59 Å². The number of quaternary nitrogens is 1. The van der Waals surface area contributed by atoms with Gasteiger partial charge < -0.3 is 19.5 Å². The van der Waals surface area contributed by atoms with Crippen LogP contribution in [0.5, 0.6) is 0 Å². The smallest absolute Gasteiger partial charge is 0.290 e. The van der Waals surface area contributed by atoms with Gasteiger partial charge in [0.15, 0.2) is 12.3 Å². The second kappa shape index (κ2) is 8.35. The normalized spacial score (nSPS) is 17.7. The third-order valence-electron chi connectivity index (χ3n) is 5.93. The molecule has 2 amide bonds. The summed E-state index contributed by atoms with van der Waals surface area (Å²) in [7, 11) is 0. The molecule has 0 spiro atoms. The predicted molar refractivity (Wildman–Crippen MR) is 122 cm³/mol. The van der Waals surface area contributed by atoms with Gasteiger partial charge in [0.05, 0.1) is 19.6 Å². The molecule has 1 fully saturated rings. The van der Waals surface area contributed by atoms with Crippen LogP contribution in [0.3, 0.4) is 0 Å². The summed E-state index contributed by atoms with van der Waals surface area (Å²) in [6.45, 7) is 11.3. The molecule has 0 saturated carbocycles. The molecular formula is C25H32N3O3+. The van der Waals surface area contributed by atoms with E-state index in [4.69, 9.17) is 4.42 Å². The second-order valence-corrected chi connectivity index (χ2v) is 9.59. The molecule has 0 radical (unpaired) electrons. The predicted octanol–water partition coefficient (Wildman–Crippen LogP) is 2.54. The molecule has 0 aliphatic carbocycles. The molecule has 0 bridgehead atoms. The molecule has 4 rings (SSSR count). The largest absolute Gasteiger partial charge is 0.450 e. The third kappa shape index (κ3) is 4.59. The molecule has 31 heavy (non-hydrogen) atoms. The summed E-state index contributed by atoms with van der Waals surface area (Å²) in [5.41, 5.74) is 1.44. The van der Waals surface area contributed by atoms with E-state index in [0.717, 1.165) is 46.8 Å². The molecule has 164 valence electrons. The zero-order valence-electron chi connectivity index (χ0n) is 18.9. The first kappa shape index (κ1) is 21.4. The quantitative estimate of drug-likeness (QED) is 0.682. The minimum absolute atomic E-state index is 0.0572. The highest BCUT2D eigenvalue weighted by Crippen LogP contribution is 2.32. The van der Waals surface area contributed by atoms with Crippen LogP contribution in [0.2, 0.25) is 0 Å². The number of nitrogens with one attached hydrogen (secondary N) is 2. The SMILES string of the molecule is Cc1c(C(=O)N2CCC[NH+](CC(=O)NC(C)(C)C)CC2)oc2c1ccc1ccccc12. The van der Waals surface area contributed by atoms with Crippen molar-refractivity contribution >= 4 is 33.6 Å². The van der Waals surface area contributed by atoms with Crippen molar-refractivity contribution in [2.45, 2.75) is 39.7 Å². The molecule has 1 unspecified atom stereocenters. The number of furan rings is 1. The Hall–Kier alpha value is -2.86. The number of fused-ring (bicyclic) bond motifs is 3. The van der Waals surface area contributed by atoms with Crippen LogP contribution in [0.4, 0.5) is 0 Å². The first-order valence-corrected chi connectivity index (χ1v) is 11.1. The lowest BCUT2D eigenvalue weighted by molar-refractivity contribution is -0.889. The van der Waals surface area contributed by atoms with Crippen molar-refractivity contribution in [2.75, 3.05) is 32.7 Å².